The fourth-order valence-corrected chi connectivity index (χ4v) is 2.83. The van der Waals surface area contributed by atoms with Crippen LogP contribution in [0.4, 0.5) is 5.82 Å². The summed E-state index contributed by atoms with van der Waals surface area (Å²) in [5.74, 6) is 1.62. The summed E-state index contributed by atoms with van der Waals surface area (Å²) in [6, 6.07) is 8.66. The van der Waals surface area contributed by atoms with E-state index >= 15 is 0 Å². The third kappa shape index (κ3) is 1.82. The quantitative estimate of drug-likeness (QED) is 0.872. The summed E-state index contributed by atoms with van der Waals surface area (Å²) in [5, 5.41) is 1.13. The number of hydrogen-bond donors (Lipinski definition) is 1. The Labute approximate surface area is 107 Å². The van der Waals surface area contributed by atoms with Crippen LogP contribution in [0.1, 0.15) is 13.3 Å². The highest BCUT2D eigenvalue weighted by Gasteiger charge is 2.29. The first kappa shape index (κ1) is 11.4. The maximum Gasteiger partial charge on any atom is 0.140 e. The molecule has 18 heavy (non-hydrogen) atoms. The van der Waals surface area contributed by atoms with Gasteiger partial charge in [0.25, 0.3) is 0 Å². The average molecular weight is 242 g/mol. The first-order valence-corrected chi connectivity index (χ1v) is 6.46. The van der Waals surface area contributed by atoms with E-state index in [1.54, 1.807) is 6.33 Å². The summed E-state index contributed by atoms with van der Waals surface area (Å²) >= 11 is 0. The number of fused-ring (bicyclic) bond motifs is 1. The van der Waals surface area contributed by atoms with Crippen LogP contribution >= 0.6 is 0 Å². The number of nitrogens with zero attached hydrogens (tertiary/aromatic N) is 3. The van der Waals surface area contributed by atoms with Crippen LogP contribution in [0.15, 0.2) is 30.6 Å². The molecule has 2 heterocycles. The van der Waals surface area contributed by atoms with Gasteiger partial charge in [-0.05, 0) is 37.9 Å². The van der Waals surface area contributed by atoms with E-state index in [4.69, 9.17) is 5.73 Å². The summed E-state index contributed by atoms with van der Waals surface area (Å²) in [6.45, 7) is 4.00. The third-order valence-electron chi connectivity index (χ3n) is 3.79. The van der Waals surface area contributed by atoms with Crippen molar-refractivity contribution in [1.29, 1.82) is 0 Å². The second kappa shape index (κ2) is 4.53. The normalized spacial score (nSPS) is 23.8. The molecule has 2 unspecified atom stereocenters. The molecule has 0 saturated carbocycles. The van der Waals surface area contributed by atoms with Crippen molar-refractivity contribution in [3.05, 3.63) is 30.6 Å². The average Bonchev–Trinajstić information content (AvgIpc) is 2.79. The van der Waals surface area contributed by atoms with Crippen molar-refractivity contribution in [2.24, 2.45) is 11.7 Å². The van der Waals surface area contributed by atoms with Crippen molar-refractivity contribution in [2.75, 3.05) is 18.0 Å². The molecule has 1 saturated heterocycles. The fourth-order valence-electron chi connectivity index (χ4n) is 2.83. The molecule has 0 amide bonds. The van der Waals surface area contributed by atoms with Crippen LogP contribution in [-0.4, -0.2) is 29.1 Å². The Hall–Kier alpha value is -1.68. The van der Waals surface area contributed by atoms with Gasteiger partial charge in [0.1, 0.15) is 12.1 Å². The van der Waals surface area contributed by atoms with Gasteiger partial charge in [-0.2, -0.15) is 0 Å². The van der Waals surface area contributed by atoms with Crippen LogP contribution < -0.4 is 10.6 Å². The molecule has 0 aliphatic carbocycles. The number of rotatable bonds is 2. The lowest BCUT2D eigenvalue weighted by Gasteiger charge is -2.23. The lowest BCUT2D eigenvalue weighted by Crippen LogP contribution is -2.28. The van der Waals surface area contributed by atoms with Gasteiger partial charge >= 0.3 is 0 Å². The van der Waals surface area contributed by atoms with Gasteiger partial charge in [0.2, 0.25) is 0 Å². The minimum absolute atomic E-state index is 0.497. The largest absolute Gasteiger partial charge is 0.353 e. The Balaban J connectivity index is 2.04. The van der Waals surface area contributed by atoms with Gasteiger partial charge in [-0.15, -0.1) is 0 Å². The molecule has 4 heteroatoms. The summed E-state index contributed by atoms with van der Waals surface area (Å²) in [7, 11) is 0. The van der Waals surface area contributed by atoms with Crippen molar-refractivity contribution in [2.45, 2.75) is 19.4 Å². The van der Waals surface area contributed by atoms with Gasteiger partial charge in [-0.25, -0.2) is 9.97 Å². The van der Waals surface area contributed by atoms with E-state index in [9.17, 15) is 0 Å². The molecule has 4 nitrogen and oxygen atoms in total. The van der Waals surface area contributed by atoms with Gasteiger partial charge < -0.3 is 10.6 Å². The Morgan fingerprint density at radius 3 is 2.94 bits per heavy atom. The number of hydrogen-bond acceptors (Lipinski definition) is 4. The van der Waals surface area contributed by atoms with E-state index in [1.165, 1.54) is 0 Å². The highest BCUT2D eigenvalue weighted by Crippen LogP contribution is 2.31. The molecule has 0 bridgehead atoms. The molecule has 1 aromatic carbocycles. The minimum atomic E-state index is 0.497. The van der Waals surface area contributed by atoms with Crippen LogP contribution in [0.2, 0.25) is 0 Å². The van der Waals surface area contributed by atoms with Gasteiger partial charge in [-0.1, -0.05) is 12.1 Å². The van der Waals surface area contributed by atoms with E-state index in [0.29, 0.717) is 12.0 Å². The molecule has 94 valence electrons. The maximum absolute atomic E-state index is 5.79. The summed E-state index contributed by atoms with van der Waals surface area (Å²) in [5.41, 5.74) is 6.80. The van der Waals surface area contributed by atoms with E-state index in [2.05, 4.69) is 27.9 Å². The molecule has 1 aliphatic heterocycles. The third-order valence-corrected chi connectivity index (χ3v) is 3.79. The second-order valence-electron chi connectivity index (χ2n) is 5.05. The molecule has 3 rings (SSSR count). The summed E-state index contributed by atoms with van der Waals surface area (Å²) in [6.07, 6.45) is 2.80. The molecule has 2 atom stereocenters. The monoisotopic (exact) mass is 242 g/mol. The van der Waals surface area contributed by atoms with Crippen LogP contribution in [0.5, 0.6) is 0 Å². The van der Waals surface area contributed by atoms with Crippen molar-refractivity contribution in [3.63, 3.8) is 0 Å². The van der Waals surface area contributed by atoms with Gasteiger partial charge in [0.15, 0.2) is 0 Å². The predicted molar refractivity (Wildman–Crippen MR) is 73.5 cm³/mol. The van der Waals surface area contributed by atoms with Crippen LogP contribution in [-0.2, 0) is 0 Å². The molecule has 1 aliphatic rings. The fraction of sp³-hybridized carbons (Fsp3) is 0.429. The number of benzene rings is 1. The first-order chi connectivity index (χ1) is 8.79. The zero-order chi connectivity index (χ0) is 12.5. The number of nitrogens with two attached hydrogens (primary N) is 1. The lowest BCUT2D eigenvalue weighted by atomic mass is 10.1. The highest BCUT2D eigenvalue weighted by atomic mass is 15.2. The predicted octanol–water partition coefficient (Wildman–Crippen LogP) is 1.80. The standard InChI is InChI=1S/C14H18N4/c1-10-6-11(7-15)8-18(10)14-12-4-2-3-5-13(12)16-9-17-14/h2-5,9-11H,6-8,15H2,1H3. The van der Waals surface area contributed by atoms with E-state index < -0.39 is 0 Å². The van der Waals surface area contributed by atoms with E-state index in [1.807, 2.05) is 18.2 Å². The molecule has 1 fully saturated rings. The van der Waals surface area contributed by atoms with Crippen molar-refractivity contribution in [1.82, 2.24) is 9.97 Å². The topological polar surface area (TPSA) is 55.0 Å². The molecule has 0 radical (unpaired) electrons. The van der Waals surface area contributed by atoms with Gasteiger partial charge in [-0.3, -0.25) is 0 Å². The first-order valence-electron chi connectivity index (χ1n) is 6.46. The molecule has 1 aromatic heterocycles. The lowest BCUT2D eigenvalue weighted by molar-refractivity contribution is 0.579. The number of aromatic nitrogens is 2. The summed E-state index contributed by atoms with van der Waals surface area (Å²) in [4.78, 5) is 11.2. The Morgan fingerprint density at radius 2 is 2.17 bits per heavy atom. The van der Waals surface area contributed by atoms with Crippen molar-refractivity contribution >= 4 is 16.7 Å². The molecular weight excluding hydrogens is 224 g/mol. The zero-order valence-corrected chi connectivity index (χ0v) is 10.6. The minimum Gasteiger partial charge on any atom is -0.353 e. The van der Waals surface area contributed by atoms with Gasteiger partial charge in [0.05, 0.1) is 5.52 Å². The molecule has 2 aromatic rings. The summed E-state index contributed by atoms with van der Waals surface area (Å²) < 4.78 is 0. The van der Waals surface area contributed by atoms with Crippen LogP contribution in [0.25, 0.3) is 10.9 Å². The smallest absolute Gasteiger partial charge is 0.140 e. The van der Waals surface area contributed by atoms with Crippen LogP contribution in [0.3, 0.4) is 0 Å². The Bertz CT molecular complexity index is 549. The van der Waals surface area contributed by atoms with E-state index in [-0.39, 0.29) is 0 Å². The number of anilines is 1. The molecule has 0 spiro atoms. The second-order valence-corrected chi connectivity index (χ2v) is 5.05. The van der Waals surface area contributed by atoms with Crippen molar-refractivity contribution < 1.29 is 0 Å². The maximum atomic E-state index is 5.79. The number of para-hydroxylation sites is 1. The SMILES string of the molecule is CC1CC(CN)CN1c1ncnc2ccccc12. The van der Waals surface area contributed by atoms with Crippen LogP contribution in [0, 0.1) is 5.92 Å². The Kier molecular flexibility index (Phi) is 2.88. The van der Waals surface area contributed by atoms with Gasteiger partial charge in [0, 0.05) is 18.0 Å². The van der Waals surface area contributed by atoms with Crippen molar-refractivity contribution in [3.8, 4) is 0 Å². The Morgan fingerprint density at radius 1 is 1.33 bits per heavy atom. The molecular formula is C14H18N4. The van der Waals surface area contributed by atoms with E-state index in [0.717, 1.165) is 36.2 Å². The molecule has 2 N–H and O–H groups in total. The highest BCUT2D eigenvalue weighted by molar-refractivity contribution is 5.89. The zero-order valence-electron chi connectivity index (χ0n) is 10.6.